The largest absolute Gasteiger partial charge is 0.378 e. The molecule has 18 heavy (non-hydrogen) atoms. The number of halogens is 1. The van der Waals surface area contributed by atoms with E-state index >= 15 is 0 Å². The van der Waals surface area contributed by atoms with Gasteiger partial charge in [0.2, 0.25) is 0 Å². The van der Waals surface area contributed by atoms with Gasteiger partial charge in [-0.2, -0.15) is 0 Å². The van der Waals surface area contributed by atoms with Crippen molar-refractivity contribution >= 4 is 34.5 Å². The lowest BCUT2D eigenvalue weighted by molar-refractivity contribution is 0.0963. The third-order valence-electron chi connectivity index (χ3n) is 2.40. The summed E-state index contributed by atoms with van der Waals surface area (Å²) in [4.78, 5) is 15.7. The fourth-order valence-electron chi connectivity index (χ4n) is 1.46. The smallest absolute Gasteiger partial charge is 0.251 e. The number of hydrogen-bond acceptors (Lipinski definition) is 4. The molecule has 6 heteroatoms. The van der Waals surface area contributed by atoms with Gasteiger partial charge in [-0.05, 0) is 18.2 Å². The molecule has 0 aliphatic heterocycles. The van der Waals surface area contributed by atoms with Crippen LogP contribution in [0.1, 0.15) is 16.1 Å². The van der Waals surface area contributed by atoms with Crippen LogP contribution in [-0.2, 0) is 6.54 Å². The van der Waals surface area contributed by atoms with E-state index in [2.05, 4.69) is 15.6 Å². The number of nitrogens with one attached hydrogen (secondary N) is 2. The van der Waals surface area contributed by atoms with E-state index in [1.54, 1.807) is 42.1 Å². The van der Waals surface area contributed by atoms with Gasteiger partial charge >= 0.3 is 0 Å². The van der Waals surface area contributed by atoms with E-state index < -0.39 is 0 Å². The van der Waals surface area contributed by atoms with Crippen molar-refractivity contribution in [3.8, 4) is 0 Å². The summed E-state index contributed by atoms with van der Waals surface area (Å²) in [6, 6.07) is 5.12. The van der Waals surface area contributed by atoms with E-state index in [1.165, 1.54) is 0 Å². The molecule has 0 aliphatic rings. The summed E-state index contributed by atoms with van der Waals surface area (Å²) >= 11 is 7.61. The molecule has 2 rings (SSSR count). The summed E-state index contributed by atoms with van der Waals surface area (Å²) in [5, 5.41) is 8.29. The average Bonchev–Trinajstić information content (AvgIpc) is 2.90. The van der Waals surface area contributed by atoms with Crippen LogP contribution in [0.4, 0.5) is 5.69 Å². The van der Waals surface area contributed by atoms with Crippen molar-refractivity contribution < 1.29 is 4.79 Å². The number of carbonyl (C=O) groups is 1. The third kappa shape index (κ3) is 3.00. The molecular weight excluding hydrogens is 270 g/mol. The zero-order valence-corrected chi connectivity index (χ0v) is 11.3. The first-order chi connectivity index (χ1) is 8.70. The summed E-state index contributed by atoms with van der Waals surface area (Å²) in [5.74, 6) is -0.136. The van der Waals surface area contributed by atoms with Crippen LogP contribution in [-0.4, -0.2) is 17.9 Å². The number of thiazole rings is 1. The summed E-state index contributed by atoms with van der Waals surface area (Å²) in [6.07, 6.45) is 0. The van der Waals surface area contributed by atoms with Crippen molar-refractivity contribution in [1.82, 2.24) is 10.3 Å². The summed E-state index contributed by atoms with van der Waals surface area (Å²) < 4.78 is 0. The SMILES string of the molecule is CNC(=O)c1ccc(Cl)c(NCc2cscn2)c1. The number of aromatic nitrogens is 1. The molecule has 1 heterocycles. The molecule has 0 spiro atoms. The molecule has 0 aliphatic carbocycles. The molecule has 2 aromatic rings. The minimum absolute atomic E-state index is 0.136. The molecule has 0 saturated carbocycles. The van der Waals surface area contributed by atoms with E-state index in [0.717, 1.165) is 11.4 Å². The van der Waals surface area contributed by atoms with Crippen LogP contribution < -0.4 is 10.6 Å². The van der Waals surface area contributed by atoms with Crippen molar-refractivity contribution in [2.45, 2.75) is 6.54 Å². The number of hydrogen-bond donors (Lipinski definition) is 2. The summed E-state index contributed by atoms with van der Waals surface area (Å²) in [7, 11) is 1.60. The molecule has 2 N–H and O–H groups in total. The van der Waals surface area contributed by atoms with E-state index in [4.69, 9.17) is 11.6 Å². The Morgan fingerprint density at radius 2 is 2.33 bits per heavy atom. The fourth-order valence-corrected chi connectivity index (χ4v) is 2.20. The quantitative estimate of drug-likeness (QED) is 0.906. The molecule has 0 atom stereocenters. The number of carbonyl (C=O) groups excluding carboxylic acids is 1. The molecule has 1 amide bonds. The fraction of sp³-hybridized carbons (Fsp3) is 0.167. The van der Waals surface area contributed by atoms with Gasteiger partial charge in [-0.3, -0.25) is 4.79 Å². The molecule has 4 nitrogen and oxygen atoms in total. The average molecular weight is 282 g/mol. The molecule has 0 unspecified atom stereocenters. The Bertz CT molecular complexity index is 542. The minimum atomic E-state index is -0.136. The maximum atomic E-state index is 11.5. The van der Waals surface area contributed by atoms with Crippen molar-refractivity contribution in [3.63, 3.8) is 0 Å². The van der Waals surface area contributed by atoms with Gasteiger partial charge in [-0.1, -0.05) is 11.6 Å². The Hall–Kier alpha value is -1.59. The Morgan fingerprint density at radius 1 is 1.50 bits per heavy atom. The van der Waals surface area contributed by atoms with Crippen molar-refractivity contribution in [1.29, 1.82) is 0 Å². The summed E-state index contributed by atoms with van der Waals surface area (Å²) in [6.45, 7) is 0.584. The van der Waals surface area contributed by atoms with E-state index in [1.807, 2.05) is 5.38 Å². The standard InChI is InChI=1S/C12H12ClN3OS/c1-14-12(17)8-2-3-10(13)11(4-8)15-5-9-6-18-7-16-9/h2-4,6-7,15H,5H2,1H3,(H,14,17). The van der Waals surface area contributed by atoms with Gasteiger partial charge in [-0.25, -0.2) is 4.98 Å². The first-order valence-electron chi connectivity index (χ1n) is 5.33. The molecule has 0 fully saturated rings. The van der Waals surface area contributed by atoms with E-state index in [-0.39, 0.29) is 5.91 Å². The van der Waals surface area contributed by atoms with Crippen molar-refractivity contribution in [3.05, 3.63) is 45.4 Å². The maximum absolute atomic E-state index is 11.5. The Balaban J connectivity index is 2.13. The second-order valence-electron chi connectivity index (χ2n) is 3.61. The van der Waals surface area contributed by atoms with Gasteiger partial charge < -0.3 is 10.6 Å². The Kier molecular flexibility index (Phi) is 4.17. The summed E-state index contributed by atoms with van der Waals surface area (Å²) in [5.41, 5.74) is 4.02. The van der Waals surface area contributed by atoms with Crippen LogP contribution in [0.3, 0.4) is 0 Å². The zero-order valence-electron chi connectivity index (χ0n) is 9.74. The lowest BCUT2D eigenvalue weighted by Gasteiger charge is -2.09. The predicted octanol–water partition coefficient (Wildman–Crippen LogP) is 2.77. The zero-order chi connectivity index (χ0) is 13.0. The van der Waals surface area contributed by atoms with E-state index in [9.17, 15) is 4.79 Å². The lowest BCUT2D eigenvalue weighted by Crippen LogP contribution is -2.17. The highest BCUT2D eigenvalue weighted by atomic mass is 35.5. The van der Waals surface area contributed by atoms with E-state index in [0.29, 0.717) is 17.1 Å². The maximum Gasteiger partial charge on any atom is 0.251 e. The van der Waals surface area contributed by atoms with Crippen LogP contribution in [0.15, 0.2) is 29.1 Å². The molecule has 0 bridgehead atoms. The normalized spacial score (nSPS) is 10.1. The molecule has 1 aromatic heterocycles. The monoisotopic (exact) mass is 281 g/mol. The van der Waals surface area contributed by atoms with Gasteiger partial charge in [0.15, 0.2) is 0 Å². The van der Waals surface area contributed by atoms with Gasteiger partial charge in [0.05, 0.1) is 28.5 Å². The molecule has 1 aromatic carbocycles. The van der Waals surface area contributed by atoms with Gasteiger partial charge in [0.1, 0.15) is 0 Å². The Morgan fingerprint density at radius 3 is 3.00 bits per heavy atom. The van der Waals surface area contributed by atoms with Crippen molar-refractivity contribution in [2.75, 3.05) is 12.4 Å². The molecule has 0 radical (unpaired) electrons. The first-order valence-corrected chi connectivity index (χ1v) is 6.65. The van der Waals surface area contributed by atoms with Gasteiger partial charge in [0, 0.05) is 18.0 Å². The Labute approximate surface area is 114 Å². The van der Waals surface area contributed by atoms with Crippen LogP contribution >= 0.6 is 22.9 Å². The second kappa shape index (κ2) is 5.84. The highest BCUT2D eigenvalue weighted by Crippen LogP contribution is 2.23. The second-order valence-corrected chi connectivity index (χ2v) is 4.73. The molecule has 94 valence electrons. The number of nitrogens with zero attached hydrogens (tertiary/aromatic N) is 1. The van der Waals surface area contributed by atoms with Crippen LogP contribution in [0.25, 0.3) is 0 Å². The number of rotatable bonds is 4. The predicted molar refractivity (Wildman–Crippen MR) is 74.3 cm³/mol. The van der Waals surface area contributed by atoms with Crippen LogP contribution in [0, 0.1) is 0 Å². The lowest BCUT2D eigenvalue weighted by atomic mass is 10.2. The molecular formula is C12H12ClN3OS. The van der Waals surface area contributed by atoms with Crippen LogP contribution in [0.2, 0.25) is 5.02 Å². The number of anilines is 1. The van der Waals surface area contributed by atoms with Gasteiger partial charge in [-0.15, -0.1) is 11.3 Å². The third-order valence-corrected chi connectivity index (χ3v) is 3.36. The molecule has 0 saturated heterocycles. The first kappa shape index (κ1) is 12.9. The number of amides is 1. The van der Waals surface area contributed by atoms with Gasteiger partial charge in [0.25, 0.3) is 5.91 Å². The number of benzene rings is 1. The topological polar surface area (TPSA) is 54.0 Å². The highest BCUT2D eigenvalue weighted by molar-refractivity contribution is 7.07. The minimum Gasteiger partial charge on any atom is -0.378 e. The van der Waals surface area contributed by atoms with Crippen LogP contribution in [0.5, 0.6) is 0 Å². The van der Waals surface area contributed by atoms with Crippen molar-refractivity contribution in [2.24, 2.45) is 0 Å². The highest BCUT2D eigenvalue weighted by Gasteiger charge is 2.07.